The van der Waals surface area contributed by atoms with Gasteiger partial charge in [-0.05, 0) is 0 Å². The minimum absolute atomic E-state index is 0.00218. The molecule has 1 amide bonds. The van der Waals surface area contributed by atoms with E-state index in [-0.39, 0.29) is 11.2 Å². The first-order chi connectivity index (χ1) is 6.02. The summed E-state index contributed by atoms with van der Waals surface area (Å²) >= 11 is 0. The van der Waals surface area contributed by atoms with Gasteiger partial charge < -0.3 is 4.90 Å². The van der Waals surface area contributed by atoms with Gasteiger partial charge in [-0.15, -0.1) is 0 Å². The third-order valence-electron chi connectivity index (χ3n) is 2.72. The van der Waals surface area contributed by atoms with Crippen molar-refractivity contribution in [3.05, 3.63) is 12.4 Å². The molecule has 0 radical (unpaired) electrons. The van der Waals surface area contributed by atoms with Gasteiger partial charge in [-0.1, -0.05) is 6.58 Å². The maximum atomic E-state index is 12.4. The Bertz CT molecular complexity index is 295. The number of carbonyl (C=O) groups is 2. The van der Waals surface area contributed by atoms with Crippen LogP contribution in [-0.2, 0) is 9.59 Å². The van der Waals surface area contributed by atoms with Crippen LogP contribution >= 0.6 is 0 Å². The maximum Gasteiger partial charge on any atom is 0.282 e. The van der Waals surface area contributed by atoms with Crippen LogP contribution in [0.25, 0.3) is 0 Å². The molecule has 1 aliphatic carbocycles. The highest BCUT2D eigenvalue weighted by Crippen LogP contribution is 2.46. The normalized spacial score (nSPS) is 23.8. The summed E-state index contributed by atoms with van der Waals surface area (Å²) in [7, 11) is 0. The van der Waals surface area contributed by atoms with Crippen LogP contribution in [0, 0.1) is 5.41 Å². The number of likely N-dealkylation sites (tertiary alicyclic amines) is 1. The average Bonchev–Trinajstić information content (AvgIpc) is 1.92. The van der Waals surface area contributed by atoms with Crippen molar-refractivity contribution in [1.82, 2.24) is 4.90 Å². The summed E-state index contributed by atoms with van der Waals surface area (Å²) in [5.41, 5.74) is 0.00218. The molecule has 1 heterocycles. The van der Waals surface area contributed by atoms with Gasteiger partial charge in [0.15, 0.2) is 5.83 Å². The fourth-order valence-electron chi connectivity index (χ4n) is 2.09. The molecule has 13 heavy (non-hydrogen) atoms. The second-order valence-corrected chi connectivity index (χ2v) is 3.96. The van der Waals surface area contributed by atoms with Crippen LogP contribution in [0.4, 0.5) is 4.39 Å². The SMILES string of the molecule is C=C(F)C(=O)N1CC2(CC(=O)C2)C1. The molecule has 4 heteroatoms. The van der Waals surface area contributed by atoms with Gasteiger partial charge >= 0.3 is 0 Å². The summed E-state index contributed by atoms with van der Waals surface area (Å²) in [6.45, 7) is 3.97. The number of ketones is 1. The highest BCUT2D eigenvalue weighted by Gasteiger charge is 2.53. The van der Waals surface area contributed by atoms with Crippen LogP contribution in [0.15, 0.2) is 12.4 Å². The van der Waals surface area contributed by atoms with Crippen molar-refractivity contribution in [3.63, 3.8) is 0 Å². The van der Waals surface area contributed by atoms with Crippen LogP contribution in [-0.4, -0.2) is 29.7 Å². The second kappa shape index (κ2) is 2.40. The molecule has 1 spiro atoms. The summed E-state index contributed by atoms with van der Waals surface area (Å²) < 4.78 is 12.4. The Morgan fingerprint density at radius 2 is 2.00 bits per heavy atom. The van der Waals surface area contributed by atoms with Gasteiger partial charge in [0.25, 0.3) is 5.91 Å². The predicted octanol–water partition coefficient (Wildman–Crippen LogP) is 0.661. The first-order valence-corrected chi connectivity index (χ1v) is 4.18. The predicted molar refractivity (Wildman–Crippen MR) is 43.5 cm³/mol. The van der Waals surface area contributed by atoms with Crippen molar-refractivity contribution in [2.24, 2.45) is 5.41 Å². The number of nitrogens with zero attached hydrogens (tertiary/aromatic N) is 1. The van der Waals surface area contributed by atoms with Gasteiger partial charge in [0.05, 0.1) is 0 Å². The summed E-state index contributed by atoms with van der Waals surface area (Å²) in [5, 5.41) is 0. The molecule has 0 bridgehead atoms. The fraction of sp³-hybridized carbons (Fsp3) is 0.556. The molecular weight excluding hydrogens is 173 g/mol. The van der Waals surface area contributed by atoms with Crippen molar-refractivity contribution < 1.29 is 14.0 Å². The molecule has 0 unspecified atom stereocenters. The molecule has 2 aliphatic rings. The zero-order valence-electron chi connectivity index (χ0n) is 7.18. The van der Waals surface area contributed by atoms with Gasteiger partial charge in [-0.2, -0.15) is 0 Å². The van der Waals surface area contributed by atoms with Crippen LogP contribution in [0.3, 0.4) is 0 Å². The minimum atomic E-state index is -0.916. The first kappa shape index (κ1) is 8.41. The van der Waals surface area contributed by atoms with E-state index in [1.165, 1.54) is 4.90 Å². The van der Waals surface area contributed by atoms with E-state index in [1.807, 2.05) is 0 Å². The van der Waals surface area contributed by atoms with E-state index in [0.717, 1.165) is 0 Å². The number of amides is 1. The van der Waals surface area contributed by atoms with Gasteiger partial charge in [-0.25, -0.2) is 4.39 Å². The number of carbonyl (C=O) groups excluding carboxylic acids is 2. The molecule has 0 N–H and O–H groups in total. The Kier molecular flexibility index (Phi) is 1.55. The molecule has 1 aliphatic heterocycles. The van der Waals surface area contributed by atoms with Gasteiger partial charge in [-0.3, -0.25) is 9.59 Å². The number of rotatable bonds is 1. The lowest BCUT2D eigenvalue weighted by Crippen LogP contribution is -2.64. The third kappa shape index (κ3) is 1.17. The standard InChI is InChI=1S/C9H10FNO2/c1-6(10)8(13)11-4-9(5-11)2-7(12)3-9/h1-5H2. The van der Waals surface area contributed by atoms with E-state index in [0.29, 0.717) is 25.9 Å². The highest BCUT2D eigenvalue weighted by atomic mass is 19.1. The van der Waals surface area contributed by atoms with E-state index in [4.69, 9.17) is 0 Å². The summed E-state index contributed by atoms with van der Waals surface area (Å²) in [6.07, 6.45) is 1.10. The third-order valence-corrected chi connectivity index (χ3v) is 2.72. The Balaban J connectivity index is 1.88. The summed E-state index contributed by atoms with van der Waals surface area (Å²) in [4.78, 5) is 23.1. The Morgan fingerprint density at radius 3 is 2.38 bits per heavy atom. The monoisotopic (exact) mass is 183 g/mol. The van der Waals surface area contributed by atoms with Crippen LogP contribution in [0.2, 0.25) is 0 Å². The Hall–Kier alpha value is -1.19. The quantitative estimate of drug-likeness (QED) is 0.560. The summed E-state index contributed by atoms with van der Waals surface area (Å²) in [6, 6.07) is 0. The Morgan fingerprint density at radius 1 is 1.46 bits per heavy atom. The van der Waals surface area contributed by atoms with Crippen molar-refractivity contribution >= 4 is 11.7 Å². The topological polar surface area (TPSA) is 37.4 Å². The van der Waals surface area contributed by atoms with Crippen LogP contribution < -0.4 is 0 Å². The van der Waals surface area contributed by atoms with E-state index in [9.17, 15) is 14.0 Å². The first-order valence-electron chi connectivity index (χ1n) is 4.18. The highest BCUT2D eigenvalue weighted by molar-refractivity contribution is 5.93. The van der Waals surface area contributed by atoms with Gasteiger partial charge in [0.1, 0.15) is 5.78 Å². The molecule has 70 valence electrons. The molecule has 1 saturated heterocycles. The lowest BCUT2D eigenvalue weighted by molar-refractivity contribution is -0.157. The van der Waals surface area contributed by atoms with Crippen molar-refractivity contribution in [3.8, 4) is 0 Å². The lowest BCUT2D eigenvalue weighted by Gasteiger charge is -2.54. The van der Waals surface area contributed by atoms with E-state index < -0.39 is 11.7 Å². The largest absolute Gasteiger partial charge is 0.335 e. The molecule has 0 aromatic carbocycles. The number of hydrogen-bond acceptors (Lipinski definition) is 2. The van der Waals surface area contributed by atoms with Crippen LogP contribution in [0.1, 0.15) is 12.8 Å². The molecule has 0 aromatic heterocycles. The molecule has 2 rings (SSSR count). The number of Topliss-reactive ketones (excluding diaryl/α,β-unsaturated/α-hetero) is 1. The van der Waals surface area contributed by atoms with Gasteiger partial charge in [0, 0.05) is 31.3 Å². The van der Waals surface area contributed by atoms with Crippen molar-refractivity contribution in [2.45, 2.75) is 12.8 Å². The smallest absolute Gasteiger partial charge is 0.282 e. The van der Waals surface area contributed by atoms with Crippen molar-refractivity contribution in [1.29, 1.82) is 0 Å². The van der Waals surface area contributed by atoms with E-state index in [2.05, 4.69) is 6.58 Å². The molecular formula is C9H10FNO2. The fourth-order valence-corrected chi connectivity index (χ4v) is 2.09. The molecule has 0 aromatic rings. The lowest BCUT2D eigenvalue weighted by atomic mass is 9.63. The number of hydrogen-bond donors (Lipinski definition) is 0. The Labute approximate surface area is 75.2 Å². The molecule has 3 nitrogen and oxygen atoms in total. The second-order valence-electron chi connectivity index (χ2n) is 3.96. The minimum Gasteiger partial charge on any atom is -0.335 e. The van der Waals surface area contributed by atoms with E-state index in [1.54, 1.807) is 0 Å². The summed E-state index contributed by atoms with van der Waals surface area (Å²) in [5.74, 6) is -1.31. The number of halogens is 1. The maximum absolute atomic E-state index is 12.4. The zero-order valence-corrected chi connectivity index (χ0v) is 7.18. The van der Waals surface area contributed by atoms with Crippen LogP contribution in [0.5, 0.6) is 0 Å². The zero-order chi connectivity index (χ0) is 9.64. The van der Waals surface area contributed by atoms with E-state index >= 15 is 0 Å². The molecule has 2 fully saturated rings. The average molecular weight is 183 g/mol. The molecule has 1 saturated carbocycles. The molecule has 0 atom stereocenters. The van der Waals surface area contributed by atoms with Crippen molar-refractivity contribution in [2.75, 3.05) is 13.1 Å². The van der Waals surface area contributed by atoms with Gasteiger partial charge in [0.2, 0.25) is 0 Å².